The molecule has 4 heteroatoms. The maximum atomic E-state index is 4.69. The largest absolute Gasteiger partial charge is 0.474 e. The van der Waals surface area contributed by atoms with Gasteiger partial charge >= 0.3 is 0 Å². The van der Waals surface area contributed by atoms with E-state index in [2.05, 4.69) is 36.7 Å². The van der Waals surface area contributed by atoms with E-state index in [0.29, 0.717) is 10.9 Å². The SMILES string of the molecule is C=COC=CCNC(=S)S. The zero-order valence-electron chi connectivity index (χ0n) is 5.41. The number of thiol groups is 1. The van der Waals surface area contributed by atoms with E-state index >= 15 is 0 Å². The molecule has 10 heavy (non-hydrogen) atoms. The average molecular weight is 175 g/mol. The van der Waals surface area contributed by atoms with Crippen LogP contribution in [0, 0.1) is 0 Å². The minimum atomic E-state index is 0.475. The predicted molar refractivity (Wildman–Crippen MR) is 50.0 cm³/mol. The van der Waals surface area contributed by atoms with Crippen LogP contribution >= 0.6 is 24.8 Å². The average Bonchev–Trinajstić information content (AvgIpc) is 1.87. The number of thiocarbonyl (C=S) groups is 1. The fourth-order valence-electron chi connectivity index (χ4n) is 0.305. The first kappa shape index (κ1) is 9.52. The van der Waals surface area contributed by atoms with E-state index in [1.807, 2.05) is 0 Å². The zero-order valence-corrected chi connectivity index (χ0v) is 7.12. The second-order valence-electron chi connectivity index (χ2n) is 1.36. The number of nitrogens with one attached hydrogen (secondary N) is 1. The van der Waals surface area contributed by atoms with Crippen LogP contribution in [0.5, 0.6) is 0 Å². The summed E-state index contributed by atoms with van der Waals surface area (Å²) in [5.41, 5.74) is 0. The van der Waals surface area contributed by atoms with Crippen molar-refractivity contribution in [1.82, 2.24) is 5.32 Å². The van der Waals surface area contributed by atoms with Gasteiger partial charge in [0.2, 0.25) is 0 Å². The molecule has 0 aliphatic heterocycles. The maximum Gasteiger partial charge on any atom is 0.130 e. The minimum absolute atomic E-state index is 0.475. The van der Waals surface area contributed by atoms with E-state index in [-0.39, 0.29) is 0 Å². The molecule has 0 atom stereocenters. The third-order valence-electron chi connectivity index (χ3n) is 0.642. The molecule has 0 aliphatic carbocycles. The lowest BCUT2D eigenvalue weighted by Gasteiger charge is -1.95. The first-order valence-electron chi connectivity index (χ1n) is 2.65. The summed E-state index contributed by atoms with van der Waals surface area (Å²) in [5.74, 6) is 0. The van der Waals surface area contributed by atoms with Crippen LogP contribution < -0.4 is 5.32 Å². The molecule has 0 aromatic rings. The van der Waals surface area contributed by atoms with Crippen LogP contribution in [0.15, 0.2) is 25.2 Å². The molecule has 0 bridgehead atoms. The summed E-state index contributed by atoms with van der Waals surface area (Å²) >= 11 is 8.48. The Morgan fingerprint density at radius 2 is 2.50 bits per heavy atom. The van der Waals surface area contributed by atoms with Gasteiger partial charge in [0, 0.05) is 6.54 Å². The Hall–Kier alpha value is -0.480. The summed E-state index contributed by atoms with van der Waals surface area (Å²) in [6.45, 7) is 3.98. The molecule has 2 nitrogen and oxygen atoms in total. The number of hydrogen-bond acceptors (Lipinski definition) is 2. The fraction of sp³-hybridized carbons (Fsp3) is 0.167. The topological polar surface area (TPSA) is 21.3 Å². The van der Waals surface area contributed by atoms with Gasteiger partial charge in [0.15, 0.2) is 0 Å². The van der Waals surface area contributed by atoms with Crippen molar-refractivity contribution in [2.45, 2.75) is 0 Å². The van der Waals surface area contributed by atoms with Crippen molar-refractivity contribution in [3.05, 3.63) is 25.2 Å². The minimum Gasteiger partial charge on any atom is -0.474 e. The van der Waals surface area contributed by atoms with Crippen molar-refractivity contribution in [2.75, 3.05) is 6.54 Å². The Labute approximate surface area is 71.4 Å². The van der Waals surface area contributed by atoms with Gasteiger partial charge in [-0.3, -0.25) is 0 Å². The van der Waals surface area contributed by atoms with Gasteiger partial charge in [-0.15, -0.1) is 12.6 Å². The Bertz CT molecular complexity index is 145. The molecule has 0 fully saturated rings. The Morgan fingerprint density at radius 3 is 3.00 bits per heavy atom. The fourth-order valence-corrected chi connectivity index (χ4v) is 0.480. The third-order valence-corrected chi connectivity index (χ3v) is 0.945. The molecular formula is C6H9NOS2. The lowest BCUT2D eigenvalue weighted by atomic mass is 10.6. The van der Waals surface area contributed by atoms with Gasteiger partial charge in [-0.25, -0.2) is 0 Å². The van der Waals surface area contributed by atoms with Crippen molar-refractivity contribution in [3.63, 3.8) is 0 Å². The molecule has 0 radical (unpaired) electrons. The van der Waals surface area contributed by atoms with Gasteiger partial charge in [0.1, 0.15) is 4.32 Å². The smallest absolute Gasteiger partial charge is 0.130 e. The number of rotatable bonds is 4. The van der Waals surface area contributed by atoms with E-state index in [4.69, 9.17) is 4.74 Å². The summed E-state index contributed by atoms with van der Waals surface area (Å²) in [4.78, 5) is 0. The molecular weight excluding hydrogens is 166 g/mol. The molecule has 0 spiro atoms. The number of hydrogen-bond donors (Lipinski definition) is 2. The molecule has 0 aliphatic rings. The van der Waals surface area contributed by atoms with Crippen molar-refractivity contribution < 1.29 is 4.74 Å². The highest BCUT2D eigenvalue weighted by atomic mass is 32.1. The monoisotopic (exact) mass is 175 g/mol. The van der Waals surface area contributed by atoms with Crippen molar-refractivity contribution >= 4 is 29.2 Å². The normalized spacial score (nSPS) is 9.30. The molecule has 0 amide bonds. The first-order valence-corrected chi connectivity index (χ1v) is 3.51. The van der Waals surface area contributed by atoms with Crippen molar-refractivity contribution in [2.24, 2.45) is 0 Å². The summed E-state index contributed by atoms with van der Waals surface area (Å²) in [7, 11) is 0. The zero-order chi connectivity index (χ0) is 7.82. The Balaban J connectivity index is 3.18. The summed E-state index contributed by atoms with van der Waals surface area (Å²) in [5, 5.41) is 2.80. The van der Waals surface area contributed by atoms with Crippen LogP contribution in [-0.2, 0) is 4.74 Å². The van der Waals surface area contributed by atoms with Crippen molar-refractivity contribution in [3.8, 4) is 0 Å². The summed E-state index contributed by atoms with van der Waals surface area (Å²) < 4.78 is 5.17. The molecule has 56 valence electrons. The summed E-state index contributed by atoms with van der Waals surface area (Å²) in [6, 6.07) is 0. The maximum absolute atomic E-state index is 4.69. The molecule has 1 N–H and O–H groups in total. The Morgan fingerprint density at radius 1 is 1.80 bits per heavy atom. The molecule has 0 saturated heterocycles. The van der Waals surface area contributed by atoms with E-state index < -0.39 is 0 Å². The molecule has 0 aromatic heterocycles. The van der Waals surface area contributed by atoms with E-state index in [9.17, 15) is 0 Å². The molecule has 0 rings (SSSR count). The highest BCUT2D eigenvalue weighted by Crippen LogP contribution is 1.79. The second-order valence-corrected chi connectivity index (χ2v) is 2.52. The second kappa shape index (κ2) is 6.64. The lowest BCUT2D eigenvalue weighted by Crippen LogP contribution is -2.15. The van der Waals surface area contributed by atoms with Crippen LogP contribution in [0.3, 0.4) is 0 Å². The summed E-state index contributed by atoms with van der Waals surface area (Å²) in [6.07, 6.45) is 4.63. The van der Waals surface area contributed by atoms with Crippen LogP contribution in [0.2, 0.25) is 0 Å². The van der Waals surface area contributed by atoms with E-state index in [1.54, 1.807) is 6.08 Å². The van der Waals surface area contributed by atoms with Crippen LogP contribution in [0.25, 0.3) is 0 Å². The highest BCUT2D eigenvalue weighted by molar-refractivity contribution is 8.11. The van der Waals surface area contributed by atoms with Crippen LogP contribution in [-0.4, -0.2) is 10.9 Å². The molecule has 0 saturated carbocycles. The van der Waals surface area contributed by atoms with Gasteiger partial charge in [-0.1, -0.05) is 18.8 Å². The molecule has 0 aromatic carbocycles. The van der Waals surface area contributed by atoms with E-state index in [0.717, 1.165) is 0 Å². The standard InChI is InChI=1S/C6H9NOS2/c1-2-8-5-3-4-7-6(9)10/h2-3,5H,1,4H2,(H2,7,9,10). The van der Waals surface area contributed by atoms with Gasteiger partial charge in [-0.05, 0) is 6.08 Å². The van der Waals surface area contributed by atoms with Gasteiger partial charge < -0.3 is 10.1 Å². The molecule has 0 unspecified atom stereocenters. The van der Waals surface area contributed by atoms with Crippen molar-refractivity contribution in [1.29, 1.82) is 0 Å². The van der Waals surface area contributed by atoms with Gasteiger partial charge in [0.05, 0.1) is 12.5 Å². The third kappa shape index (κ3) is 7.52. The number of ether oxygens (including phenoxy) is 1. The van der Waals surface area contributed by atoms with Crippen LogP contribution in [0.4, 0.5) is 0 Å². The van der Waals surface area contributed by atoms with E-state index in [1.165, 1.54) is 12.5 Å². The first-order chi connectivity index (χ1) is 4.77. The lowest BCUT2D eigenvalue weighted by molar-refractivity contribution is 0.403. The van der Waals surface area contributed by atoms with Gasteiger partial charge in [0.25, 0.3) is 0 Å². The Kier molecular flexibility index (Phi) is 6.32. The van der Waals surface area contributed by atoms with Crippen LogP contribution in [0.1, 0.15) is 0 Å². The highest BCUT2D eigenvalue weighted by Gasteiger charge is 1.79. The van der Waals surface area contributed by atoms with Gasteiger partial charge in [-0.2, -0.15) is 0 Å². The predicted octanol–water partition coefficient (Wildman–Crippen LogP) is 1.46. The molecule has 0 heterocycles. The quantitative estimate of drug-likeness (QED) is 0.384.